The Morgan fingerprint density at radius 2 is 2.00 bits per heavy atom. The monoisotopic (exact) mass is 352 g/mol. The lowest BCUT2D eigenvalue weighted by atomic mass is 10.2. The van der Waals surface area contributed by atoms with Gasteiger partial charge in [-0.15, -0.1) is 0 Å². The molecule has 0 aliphatic carbocycles. The van der Waals surface area contributed by atoms with E-state index in [0.717, 1.165) is 20.0 Å². The third-order valence-electron chi connectivity index (χ3n) is 2.60. The Balaban J connectivity index is 2.24. The van der Waals surface area contributed by atoms with Crippen LogP contribution in [0.1, 0.15) is 5.56 Å². The maximum absolute atomic E-state index is 8.70. The van der Waals surface area contributed by atoms with Gasteiger partial charge in [-0.3, -0.25) is 0 Å². The van der Waals surface area contributed by atoms with Crippen molar-refractivity contribution < 1.29 is 9.94 Å². The Morgan fingerprint density at radius 3 is 2.65 bits per heavy atom. The van der Waals surface area contributed by atoms with Gasteiger partial charge in [0.2, 0.25) is 0 Å². The summed E-state index contributed by atoms with van der Waals surface area (Å²) in [4.78, 5) is 2.12. The molecule has 4 nitrogen and oxygen atoms in total. The van der Waals surface area contributed by atoms with Crippen LogP contribution in [0.3, 0.4) is 0 Å². The van der Waals surface area contributed by atoms with E-state index in [4.69, 9.17) is 15.7 Å². The van der Waals surface area contributed by atoms with Crippen molar-refractivity contribution in [2.75, 3.05) is 7.11 Å². The molecule has 0 saturated carbocycles. The van der Waals surface area contributed by atoms with Crippen molar-refractivity contribution in [3.63, 3.8) is 0 Å². The highest BCUT2D eigenvalue weighted by atomic mass is 79.9. The Bertz CT molecular complexity index is 647. The molecule has 0 bridgehead atoms. The molecule has 0 aliphatic rings. The predicted octanol–water partition coefficient (Wildman–Crippen LogP) is 3.70. The molecule has 0 aliphatic heterocycles. The maximum atomic E-state index is 8.70. The molecule has 0 aromatic heterocycles. The van der Waals surface area contributed by atoms with Crippen LogP contribution in [0.5, 0.6) is 5.75 Å². The zero-order valence-electron chi connectivity index (χ0n) is 10.7. The standard InChI is InChI=1S/C14H13BrN2O2S/c1-19-9-3-2-4-10(7-9)20-11-5-6-12(13(15)8-11)14(16)17-18/h2-8,18H,1H3,(H2,16,17). The van der Waals surface area contributed by atoms with Crippen molar-refractivity contribution in [2.45, 2.75) is 9.79 Å². The summed E-state index contributed by atoms with van der Waals surface area (Å²) in [7, 11) is 1.65. The molecule has 6 heteroatoms. The van der Waals surface area contributed by atoms with Crippen molar-refractivity contribution in [3.05, 3.63) is 52.5 Å². The van der Waals surface area contributed by atoms with Gasteiger partial charge in [0.25, 0.3) is 0 Å². The summed E-state index contributed by atoms with van der Waals surface area (Å²) >= 11 is 5.03. The molecule has 0 spiro atoms. The summed E-state index contributed by atoms with van der Waals surface area (Å²) in [5.74, 6) is 0.900. The lowest BCUT2D eigenvalue weighted by molar-refractivity contribution is 0.318. The summed E-state index contributed by atoms with van der Waals surface area (Å²) in [6, 6.07) is 13.5. The normalized spacial score (nSPS) is 11.4. The minimum atomic E-state index is 0.0785. The molecule has 2 aromatic carbocycles. The van der Waals surface area contributed by atoms with Gasteiger partial charge in [0.05, 0.1) is 7.11 Å². The Labute approximate surface area is 129 Å². The molecular weight excluding hydrogens is 340 g/mol. The Kier molecular flexibility index (Phi) is 4.92. The first-order valence-corrected chi connectivity index (χ1v) is 7.34. The SMILES string of the molecule is COc1cccc(Sc2ccc(/C(N)=N/O)c(Br)c2)c1. The summed E-state index contributed by atoms with van der Waals surface area (Å²) < 4.78 is 5.98. The fraction of sp³-hybridized carbons (Fsp3) is 0.0714. The highest BCUT2D eigenvalue weighted by Crippen LogP contribution is 2.32. The zero-order chi connectivity index (χ0) is 14.5. The van der Waals surface area contributed by atoms with Gasteiger partial charge in [-0.2, -0.15) is 0 Å². The van der Waals surface area contributed by atoms with Crippen LogP contribution in [0.25, 0.3) is 0 Å². The fourth-order valence-corrected chi connectivity index (χ4v) is 3.26. The van der Waals surface area contributed by atoms with E-state index >= 15 is 0 Å². The first kappa shape index (κ1) is 14.7. The quantitative estimate of drug-likeness (QED) is 0.381. The van der Waals surface area contributed by atoms with E-state index in [0.29, 0.717) is 5.56 Å². The van der Waals surface area contributed by atoms with Gasteiger partial charge >= 0.3 is 0 Å². The van der Waals surface area contributed by atoms with Crippen molar-refractivity contribution in [3.8, 4) is 5.75 Å². The van der Waals surface area contributed by atoms with Gasteiger partial charge in [0.1, 0.15) is 5.75 Å². The van der Waals surface area contributed by atoms with Crippen molar-refractivity contribution in [1.82, 2.24) is 0 Å². The third-order valence-corrected chi connectivity index (χ3v) is 4.24. The number of hydrogen-bond acceptors (Lipinski definition) is 4. The second kappa shape index (κ2) is 6.67. The molecule has 104 valence electrons. The van der Waals surface area contributed by atoms with E-state index in [1.165, 1.54) is 0 Å². The molecule has 2 rings (SSSR count). The number of oxime groups is 1. The van der Waals surface area contributed by atoms with Gasteiger partial charge in [-0.1, -0.05) is 23.0 Å². The lowest BCUT2D eigenvalue weighted by Gasteiger charge is -2.07. The number of nitrogens with two attached hydrogens (primary N) is 1. The number of hydrogen-bond donors (Lipinski definition) is 2. The lowest BCUT2D eigenvalue weighted by Crippen LogP contribution is -2.13. The summed E-state index contributed by atoms with van der Waals surface area (Å²) in [5.41, 5.74) is 6.24. The van der Waals surface area contributed by atoms with Gasteiger partial charge in [0, 0.05) is 19.8 Å². The maximum Gasteiger partial charge on any atom is 0.171 e. The average Bonchev–Trinajstić information content (AvgIpc) is 2.47. The van der Waals surface area contributed by atoms with Crippen LogP contribution in [-0.4, -0.2) is 18.2 Å². The predicted molar refractivity (Wildman–Crippen MR) is 83.8 cm³/mol. The molecule has 0 unspecified atom stereocenters. The second-order valence-corrected chi connectivity index (χ2v) is 5.91. The Morgan fingerprint density at radius 1 is 1.25 bits per heavy atom. The molecule has 0 heterocycles. The number of rotatable bonds is 4. The molecule has 2 aromatic rings. The van der Waals surface area contributed by atoms with E-state index in [-0.39, 0.29) is 5.84 Å². The second-order valence-electron chi connectivity index (χ2n) is 3.91. The van der Waals surface area contributed by atoms with Crippen molar-refractivity contribution in [1.29, 1.82) is 0 Å². The molecule has 0 saturated heterocycles. The van der Waals surface area contributed by atoms with E-state index in [2.05, 4.69) is 21.1 Å². The minimum Gasteiger partial charge on any atom is -0.497 e. The average molecular weight is 353 g/mol. The highest BCUT2D eigenvalue weighted by molar-refractivity contribution is 9.10. The first-order chi connectivity index (χ1) is 9.63. The van der Waals surface area contributed by atoms with Gasteiger partial charge in [-0.25, -0.2) is 0 Å². The van der Waals surface area contributed by atoms with Crippen LogP contribution >= 0.6 is 27.7 Å². The summed E-state index contributed by atoms with van der Waals surface area (Å²) in [5, 5.41) is 11.7. The number of benzene rings is 2. The molecule has 0 radical (unpaired) electrons. The van der Waals surface area contributed by atoms with Crippen LogP contribution in [0.15, 0.2) is 61.9 Å². The van der Waals surface area contributed by atoms with Gasteiger partial charge in [-0.05, 0) is 52.3 Å². The number of methoxy groups -OCH3 is 1. The van der Waals surface area contributed by atoms with Crippen molar-refractivity contribution >= 4 is 33.5 Å². The molecule has 3 N–H and O–H groups in total. The van der Waals surface area contributed by atoms with Crippen LogP contribution in [-0.2, 0) is 0 Å². The van der Waals surface area contributed by atoms with Crippen molar-refractivity contribution in [2.24, 2.45) is 10.9 Å². The van der Waals surface area contributed by atoms with E-state index in [1.54, 1.807) is 18.9 Å². The number of amidine groups is 1. The smallest absolute Gasteiger partial charge is 0.171 e. The van der Waals surface area contributed by atoms with E-state index in [9.17, 15) is 0 Å². The molecule has 0 fully saturated rings. The number of halogens is 1. The van der Waals surface area contributed by atoms with Crippen LogP contribution in [0.2, 0.25) is 0 Å². The zero-order valence-corrected chi connectivity index (χ0v) is 13.1. The largest absolute Gasteiger partial charge is 0.497 e. The van der Waals surface area contributed by atoms with Gasteiger partial charge < -0.3 is 15.7 Å². The topological polar surface area (TPSA) is 67.8 Å². The molecule has 20 heavy (non-hydrogen) atoms. The summed E-state index contributed by atoms with van der Waals surface area (Å²) in [6.07, 6.45) is 0. The van der Waals surface area contributed by atoms with E-state index in [1.807, 2.05) is 42.5 Å². The minimum absolute atomic E-state index is 0.0785. The molecule has 0 amide bonds. The Hall–Kier alpha value is -1.66. The third kappa shape index (κ3) is 3.46. The van der Waals surface area contributed by atoms with Crippen LogP contribution < -0.4 is 10.5 Å². The van der Waals surface area contributed by atoms with Crippen LogP contribution in [0.4, 0.5) is 0 Å². The fourth-order valence-electron chi connectivity index (χ4n) is 1.62. The highest BCUT2D eigenvalue weighted by Gasteiger charge is 2.07. The van der Waals surface area contributed by atoms with E-state index < -0.39 is 0 Å². The van der Waals surface area contributed by atoms with Crippen LogP contribution in [0, 0.1) is 0 Å². The molecular formula is C14H13BrN2O2S. The summed E-state index contributed by atoms with van der Waals surface area (Å²) in [6.45, 7) is 0. The molecule has 0 atom stereocenters. The number of ether oxygens (including phenoxy) is 1. The first-order valence-electron chi connectivity index (χ1n) is 5.73. The number of nitrogens with zero attached hydrogens (tertiary/aromatic N) is 1. The van der Waals surface area contributed by atoms with Gasteiger partial charge in [0.15, 0.2) is 5.84 Å².